The van der Waals surface area contributed by atoms with Crippen molar-refractivity contribution in [3.8, 4) is 17.1 Å². The van der Waals surface area contributed by atoms with Crippen LogP contribution in [-0.2, 0) is 4.74 Å². The standard InChI is InChI=1S/C15H18N2O4/c1-19-8-4-7-16-15(18)13-10-14(21-17-13)11-5-3-6-12(9-11)20-2/h3,5-6,9-10H,4,7-8H2,1-2H3,(H,16,18). The highest BCUT2D eigenvalue weighted by atomic mass is 16.5. The van der Waals surface area contributed by atoms with Crippen LogP contribution >= 0.6 is 0 Å². The number of aromatic nitrogens is 1. The summed E-state index contributed by atoms with van der Waals surface area (Å²) in [4.78, 5) is 11.9. The number of carbonyl (C=O) groups is 1. The average molecular weight is 290 g/mol. The summed E-state index contributed by atoms with van der Waals surface area (Å²) in [5.41, 5.74) is 1.06. The van der Waals surface area contributed by atoms with E-state index in [1.807, 2.05) is 24.3 Å². The minimum Gasteiger partial charge on any atom is -0.497 e. The molecule has 1 heterocycles. The summed E-state index contributed by atoms with van der Waals surface area (Å²) in [7, 11) is 3.22. The van der Waals surface area contributed by atoms with Crippen LogP contribution in [0.25, 0.3) is 11.3 Å². The first kappa shape index (κ1) is 15.1. The zero-order valence-electron chi connectivity index (χ0n) is 12.1. The third kappa shape index (κ3) is 4.06. The Labute approximate surface area is 123 Å². The van der Waals surface area contributed by atoms with E-state index in [4.69, 9.17) is 14.0 Å². The van der Waals surface area contributed by atoms with Gasteiger partial charge >= 0.3 is 0 Å². The van der Waals surface area contributed by atoms with Gasteiger partial charge in [0, 0.05) is 31.9 Å². The Kier molecular flexibility index (Phi) is 5.34. The van der Waals surface area contributed by atoms with Gasteiger partial charge < -0.3 is 19.3 Å². The van der Waals surface area contributed by atoms with E-state index in [0.717, 1.165) is 17.7 Å². The van der Waals surface area contributed by atoms with Crippen molar-refractivity contribution in [1.29, 1.82) is 0 Å². The SMILES string of the molecule is COCCCNC(=O)c1cc(-c2cccc(OC)c2)on1. The van der Waals surface area contributed by atoms with E-state index in [1.54, 1.807) is 20.3 Å². The first-order chi connectivity index (χ1) is 10.2. The first-order valence-electron chi connectivity index (χ1n) is 6.63. The minimum absolute atomic E-state index is 0.255. The molecule has 1 N–H and O–H groups in total. The van der Waals surface area contributed by atoms with Gasteiger partial charge in [0.15, 0.2) is 11.5 Å². The molecule has 2 aromatic rings. The molecule has 1 aromatic carbocycles. The second-order valence-corrected chi connectivity index (χ2v) is 4.41. The van der Waals surface area contributed by atoms with Gasteiger partial charge in [0.2, 0.25) is 0 Å². The van der Waals surface area contributed by atoms with Crippen LogP contribution in [0.3, 0.4) is 0 Å². The summed E-state index contributed by atoms with van der Waals surface area (Å²) in [6.07, 6.45) is 0.753. The van der Waals surface area contributed by atoms with Crippen molar-refractivity contribution in [1.82, 2.24) is 10.5 Å². The number of methoxy groups -OCH3 is 2. The Balaban J connectivity index is 2.01. The fraction of sp³-hybridized carbons (Fsp3) is 0.333. The smallest absolute Gasteiger partial charge is 0.273 e. The molecule has 0 radical (unpaired) electrons. The monoisotopic (exact) mass is 290 g/mol. The quantitative estimate of drug-likeness (QED) is 0.791. The number of nitrogens with zero attached hydrogens (tertiary/aromatic N) is 1. The highest BCUT2D eigenvalue weighted by Gasteiger charge is 2.13. The maximum atomic E-state index is 11.9. The Hall–Kier alpha value is -2.34. The molecule has 0 aliphatic carbocycles. The van der Waals surface area contributed by atoms with E-state index in [9.17, 15) is 4.79 Å². The van der Waals surface area contributed by atoms with Crippen molar-refractivity contribution in [2.75, 3.05) is 27.4 Å². The number of hydrogen-bond donors (Lipinski definition) is 1. The lowest BCUT2D eigenvalue weighted by atomic mass is 10.1. The van der Waals surface area contributed by atoms with Crippen molar-refractivity contribution < 1.29 is 18.8 Å². The van der Waals surface area contributed by atoms with Gasteiger partial charge in [-0.2, -0.15) is 0 Å². The number of hydrogen-bond acceptors (Lipinski definition) is 5. The van der Waals surface area contributed by atoms with E-state index in [1.165, 1.54) is 0 Å². The lowest BCUT2D eigenvalue weighted by molar-refractivity contribution is 0.0939. The van der Waals surface area contributed by atoms with Crippen LogP contribution in [0.4, 0.5) is 0 Å². The highest BCUT2D eigenvalue weighted by Crippen LogP contribution is 2.24. The first-order valence-corrected chi connectivity index (χ1v) is 6.63. The molecule has 0 aliphatic rings. The summed E-state index contributed by atoms with van der Waals surface area (Å²) >= 11 is 0. The Morgan fingerprint density at radius 2 is 2.19 bits per heavy atom. The van der Waals surface area contributed by atoms with Crippen LogP contribution in [0.2, 0.25) is 0 Å². The topological polar surface area (TPSA) is 73.6 Å². The number of rotatable bonds is 7. The predicted molar refractivity (Wildman–Crippen MR) is 77.3 cm³/mol. The van der Waals surface area contributed by atoms with Crippen molar-refractivity contribution in [2.45, 2.75) is 6.42 Å². The van der Waals surface area contributed by atoms with Crippen LogP contribution in [0.1, 0.15) is 16.9 Å². The summed E-state index contributed by atoms with van der Waals surface area (Å²) < 4.78 is 15.3. The fourth-order valence-electron chi connectivity index (χ4n) is 1.80. The van der Waals surface area contributed by atoms with Gasteiger partial charge in [0.1, 0.15) is 5.75 Å². The molecule has 21 heavy (non-hydrogen) atoms. The second-order valence-electron chi connectivity index (χ2n) is 4.41. The Morgan fingerprint density at radius 3 is 2.95 bits per heavy atom. The largest absolute Gasteiger partial charge is 0.497 e. The molecule has 6 heteroatoms. The third-order valence-electron chi connectivity index (χ3n) is 2.91. The van der Waals surface area contributed by atoms with Crippen LogP contribution in [0, 0.1) is 0 Å². The van der Waals surface area contributed by atoms with Gasteiger partial charge in [-0.3, -0.25) is 4.79 Å². The molecule has 0 unspecified atom stereocenters. The lowest BCUT2D eigenvalue weighted by Crippen LogP contribution is -2.25. The molecule has 0 atom stereocenters. The zero-order valence-corrected chi connectivity index (χ0v) is 12.1. The van der Waals surface area contributed by atoms with Crippen LogP contribution in [0.5, 0.6) is 5.75 Å². The molecular formula is C15H18N2O4. The van der Waals surface area contributed by atoms with E-state index < -0.39 is 0 Å². The molecule has 1 amide bonds. The van der Waals surface area contributed by atoms with Gasteiger partial charge in [-0.25, -0.2) is 0 Å². The molecule has 0 aliphatic heterocycles. The minimum atomic E-state index is -0.260. The average Bonchev–Trinajstić information content (AvgIpc) is 3.01. The lowest BCUT2D eigenvalue weighted by Gasteiger charge is -2.01. The normalized spacial score (nSPS) is 10.4. The fourth-order valence-corrected chi connectivity index (χ4v) is 1.80. The van der Waals surface area contributed by atoms with Crippen molar-refractivity contribution in [3.05, 3.63) is 36.0 Å². The molecule has 0 bridgehead atoms. The summed E-state index contributed by atoms with van der Waals surface area (Å²) in [6.45, 7) is 1.14. The summed E-state index contributed by atoms with van der Waals surface area (Å²) in [5, 5.41) is 6.54. The van der Waals surface area contributed by atoms with Crippen molar-refractivity contribution >= 4 is 5.91 Å². The highest BCUT2D eigenvalue weighted by molar-refractivity contribution is 5.93. The number of ether oxygens (including phenoxy) is 2. The van der Waals surface area contributed by atoms with Gasteiger partial charge in [-0.05, 0) is 18.6 Å². The number of carbonyl (C=O) groups excluding carboxylic acids is 1. The Bertz CT molecular complexity index is 595. The molecule has 1 aromatic heterocycles. The molecule has 0 fully saturated rings. The van der Waals surface area contributed by atoms with E-state index in [-0.39, 0.29) is 11.6 Å². The van der Waals surface area contributed by atoms with Crippen LogP contribution in [0.15, 0.2) is 34.9 Å². The molecule has 2 rings (SSSR count). The molecule has 0 spiro atoms. The molecule has 0 saturated heterocycles. The van der Waals surface area contributed by atoms with Gasteiger partial charge in [0.05, 0.1) is 7.11 Å². The predicted octanol–water partition coefficient (Wildman–Crippen LogP) is 2.12. The molecular weight excluding hydrogens is 272 g/mol. The maximum Gasteiger partial charge on any atom is 0.273 e. The van der Waals surface area contributed by atoms with E-state index >= 15 is 0 Å². The number of benzene rings is 1. The van der Waals surface area contributed by atoms with Crippen LogP contribution < -0.4 is 10.1 Å². The third-order valence-corrected chi connectivity index (χ3v) is 2.91. The van der Waals surface area contributed by atoms with E-state index in [2.05, 4.69) is 10.5 Å². The van der Waals surface area contributed by atoms with Crippen molar-refractivity contribution in [2.24, 2.45) is 0 Å². The van der Waals surface area contributed by atoms with Gasteiger partial charge in [-0.15, -0.1) is 0 Å². The zero-order chi connectivity index (χ0) is 15.1. The van der Waals surface area contributed by atoms with Gasteiger partial charge in [0.25, 0.3) is 5.91 Å². The maximum absolute atomic E-state index is 11.9. The second kappa shape index (κ2) is 7.44. The van der Waals surface area contributed by atoms with Gasteiger partial charge in [-0.1, -0.05) is 17.3 Å². The van der Waals surface area contributed by atoms with E-state index in [0.29, 0.717) is 18.9 Å². The molecule has 0 saturated carbocycles. The van der Waals surface area contributed by atoms with Crippen molar-refractivity contribution in [3.63, 3.8) is 0 Å². The number of nitrogens with one attached hydrogen (secondary N) is 1. The summed E-state index contributed by atoms with van der Waals surface area (Å²) in [5.74, 6) is 0.981. The molecule has 6 nitrogen and oxygen atoms in total. The summed E-state index contributed by atoms with van der Waals surface area (Å²) in [6, 6.07) is 8.98. The molecule has 112 valence electrons. The van der Waals surface area contributed by atoms with Crippen LogP contribution in [-0.4, -0.2) is 38.4 Å². The number of amides is 1. The Morgan fingerprint density at radius 1 is 1.33 bits per heavy atom.